The van der Waals surface area contributed by atoms with E-state index < -0.39 is 17.3 Å². The molecule has 5 heteroatoms. The number of anilines is 1. The van der Waals surface area contributed by atoms with Crippen molar-refractivity contribution in [3.05, 3.63) is 29.8 Å². The van der Waals surface area contributed by atoms with E-state index in [2.05, 4.69) is 10.1 Å². The molecule has 92 valence electrons. The Balaban J connectivity index is 2.18. The molecular formula is C13H12N2O3. The number of hydrogen-bond acceptors (Lipinski definition) is 4. The summed E-state index contributed by atoms with van der Waals surface area (Å²) in [6.45, 7) is 0. The lowest BCUT2D eigenvalue weighted by Crippen LogP contribution is -2.32. The Hall–Kier alpha value is -2.35. The molecule has 1 fully saturated rings. The second kappa shape index (κ2) is 4.49. The van der Waals surface area contributed by atoms with Crippen molar-refractivity contribution < 1.29 is 14.3 Å². The lowest BCUT2D eigenvalue weighted by Gasteiger charge is -2.13. The Bertz CT molecular complexity index is 541. The van der Waals surface area contributed by atoms with E-state index in [0.717, 1.165) is 0 Å². The lowest BCUT2D eigenvalue weighted by molar-refractivity contribution is -0.150. The molecule has 0 spiro atoms. The minimum absolute atomic E-state index is 0.367. The van der Waals surface area contributed by atoms with Gasteiger partial charge in [0.1, 0.15) is 11.5 Å². The second-order valence-electron chi connectivity index (χ2n) is 4.19. The van der Waals surface area contributed by atoms with Crippen LogP contribution in [0.1, 0.15) is 18.4 Å². The molecule has 2 rings (SSSR count). The highest BCUT2D eigenvalue weighted by molar-refractivity contribution is 6.11. The first-order valence-corrected chi connectivity index (χ1v) is 5.53. The molecular weight excluding hydrogens is 232 g/mol. The molecule has 1 aromatic carbocycles. The van der Waals surface area contributed by atoms with Crippen molar-refractivity contribution in [3.63, 3.8) is 0 Å². The zero-order valence-electron chi connectivity index (χ0n) is 9.90. The van der Waals surface area contributed by atoms with E-state index in [1.54, 1.807) is 24.3 Å². The first-order valence-electron chi connectivity index (χ1n) is 5.53. The third-order valence-corrected chi connectivity index (χ3v) is 3.06. The maximum Gasteiger partial charge on any atom is 0.321 e. The summed E-state index contributed by atoms with van der Waals surface area (Å²) in [6, 6.07) is 8.64. The number of nitriles is 1. The summed E-state index contributed by atoms with van der Waals surface area (Å²) in [6.07, 6.45) is 0.973. The standard InChI is InChI=1S/C13H12N2O3/c1-18-12(17)13(6-7-13)11(16)15-10-5-3-2-4-9(10)8-14/h2-5H,6-7H2,1H3,(H,15,16). The van der Waals surface area contributed by atoms with Crippen molar-refractivity contribution in [1.82, 2.24) is 0 Å². The topological polar surface area (TPSA) is 79.2 Å². The van der Waals surface area contributed by atoms with Crippen molar-refractivity contribution in [2.45, 2.75) is 12.8 Å². The zero-order chi connectivity index (χ0) is 13.2. The molecule has 1 amide bonds. The Morgan fingerprint density at radius 2 is 2.06 bits per heavy atom. The number of hydrogen-bond donors (Lipinski definition) is 1. The molecule has 5 nitrogen and oxygen atoms in total. The van der Waals surface area contributed by atoms with Gasteiger partial charge >= 0.3 is 5.97 Å². The summed E-state index contributed by atoms with van der Waals surface area (Å²) >= 11 is 0. The average molecular weight is 244 g/mol. The van der Waals surface area contributed by atoms with Crippen LogP contribution in [-0.4, -0.2) is 19.0 Å². The number of esters is 1. The van der Waals surface area contributed by atoms with Crippen LogP contribution in [0.4, 0.5) is 5.69 Å². The van der Waals surface area contributed by atoms with Crippen LogP contribution >= 0.6 is 0 Å². The molecule has 1 saturated carbocycles. The molecule has 1 aliphatic rings. The number of nitrogens with zero attached hydrogens (tertiary/aromatic N) is 1. The first kappa shape index (κ1) is 12.1. The summed E-state index contributed by atoms with van der Waals surface area (Å²) in [5, 5.41) is 11.5. The number of ether oxygens (including phenoxy) is 1. The van der Waals surface area contributed by atoms with Crippen molar-refractivity contribution in [3.8, 4) is 6.07 Å². The summed E-state index contributed by atoms with van der Waals surface area (Å²) < 4.78 is 4.63. The maximum absolute atomic E-state index is 12.0. The number of benzene rings is 1. The Morgan fingerprint density at radius 3 is 2.61 bits per heavy atom. The Morgan fingerprint density at radius 1 is 1.39 bits per heavy atom. The normalized spacial score (nSPS) is 15.3. The van der Waals surface area contributed by atoms with Crippen LogP contribution in [-0.2, 0) is 14.3 Å². The number of para-hydroxylation sites is 1. The smallest absolute Gasteiger partial charge is 0.321 e. The van der Waals surface area contributed by atoms with Crippen molar-refractivity contribution >= 4 is 17.6 Å². The van der Waals surface area contributed by atoms with Crippen LogP contribution in [0.3, 0.4) is 0 Å². The average Bonchev–Trinajstić information content (AvgIpc) is 3.20. The highest BCUT2D eigenvalue weighted by Gasteiger charge is 2.57. The molecule has 18 heavy (non-hydrogen) atoms. The largest absolute Gasteiger partial charge is 0.468 e. The molecule has 0 aromatic heterocycles. The monoisotopic (exact) mass is 244 g/mol. The van der Waals surface area contributed by atoms with Crippen molar-refractivity contribution in [2.24, 2.45) is 5.41 Å². The number of carbonyl (C=O) groups excluding carboxylic acids is 2. The quantitative estimate of drug-likeness (QED) is 0.644. The Labute approximate surface area is 104 Å². The number of methoxy groups -OCH3 is 1. The predicted octanol–water partition coefficient (Wildman–Crippen LogP) is 1.45. The molecule has 0 heterocycles. The van der Waals surface area contributed by atoms with Gasteiger partial charge in [0.25, 0.3) is 0 Å². The van der Waals surface area contributed by atoms with Crippen molar-refractivity contribution in [2.75, 3.05) is 12.4 Å². The van der Waals surface area contributed by atoms with E-state index in [1.165, 1.54) is 7.11 Å². The van der Waals surface area contributed by atoms with E-state index in [0.29, 0.717) is 24.1 Å². The van der Waals surface area contributed by atoms with Gasteiger partial charge in [0.05, 0.1) is 18.4 Å². The van der Waals surface area contributed by atoms with Crippen LogP contribution in [0.15, 0.2) is 24.3 Å². The van der Waals surface area contributed by atoms with Crippen LogP contribution < -0.4 is 5.32 Å². The zero-order valence-corrected chi connectivity index (χ0v) is 9.90. The van der Waals surface area contributed by atoms with Gasteiger partial charge in [-0.05, 0) is 25.0 Å². The van der Waals surface area contributed by atoms with Gasteiger partial charge in [0.2, 0.25) is 5.91 Å². The summed E-state index contributed by atoms with van der Waals surface area (Å²) in [7, 11) is 1.26. The van der Waals surface area contributed by atoms with Gasteiger partial charge in [-0.1, -0.05) is 12.1 Å². The molecule has 1 N–H and O–H groups in total. The minimum Gasteiger partial charge on any atom is -0.468 e. The van der Waals surface area contributed by atoms with Gasteiger partial charge in [-0.25, -0.2) is 0 Å². The fraction of sp³-hybridized carbons (Fsp3) is 0.308. The third kappa shape index (κ3) is 1.93. The molecule has 1 aromatic rings. The van der Waals surface area contributed by atoms with Crippen LogP contribution in [0.25, 0.3) is 0 Å². The van der Waals surface area contributed by atoms with Crippen LogP contribution in [0.5, 0.6) is 0 Å². The number of carbonyl (C=O) groups is 2. The van der Waals surface area contributed by atoms with Gasteiger partial charge in [-0.15, -0.1) is 0 Å². The fourth-order valence-corrected chi connectivity index (χ4v) is 1.78. The molecule has 0 aliphatic heterocycles. The van der Waals surface area contributed by atoms with Gasteiger partial charge in [0.15, 0.2) is 0 Å². The maximum atomic E-state index is 12.0. The van der Waals surface area contributed by atoms with Crippen LogP contribution in [0, 0.1) is 16.7 Å². The van der Waals surface area contributed by atoms with E-state index in [4.69, 9.17) is 5.26 Å². The van der Waals surface area contributed by atoms with Gasteiger partial charge in [-0.2, -0.15) is 5.26 Å². The van der Waals surface area contributed by atoms with Crippen molar-refractivity contribution in [1.29, 1.82) is 5.26 Å². The SMILES string of the molecule is COC(=O)C1(C(=O)Nc2ccccc2C#N)CC1. The van der Waals surface area contributed by atoms with Gasteiger partial charge in [-0.3, -0.25) is 9.59 Å². The third-order valence-electron chi connectivity index (χ3n) is 3.06. The summed E-state index contributed by atoms with van der Waals surface area (Å²) in [5.74, 6) is -0.925. The van der Waals surface area contributed by atoms with E-state index >= 15 is 0 Å². The molecule has 0 saturated heterocycles. The fourth-order valence-electron chi connectivity index (χ4n) is 1.78. The van der Waals surface area contributed by atoms with E-state index in [1.807, 2.05) is 6.07 Å². The number of amides is 1. The van der Waals surface area contributed by atoms with E-state index in [9.17, 15) is 9.59 Å². The first-order chi connectivity index (χ1) is 8.64. The molecule has 0 radical (unpaired) electrons. The molecule has 0 atom stereocenters. The number of rotatable bonds is 3. The molecule has 1 aliphatic carbocycles. The highest BCUT2D eigenvalue weighted by atomic mass is 16.5. The highest BCUT2D eigenvalue weighted by Crippen LogP contribution is 2.47. The summed E-state index contributed by atoms with van der Waals surface area (Å²) in [4.78, 5) is 23.6. The predicted molar refractivity (Wildman–Crippen MR) is 63.5 cm³/mol. The van der Waals surface area contributed by atoms with E-state index in [-0.39, 0.29) is 0 Å². The van der Waals surface area contributed by atoms with Crippen LogP contribution in [0.2, 0.25) is 0 Å². The summed E-state index contributed by atoms with van der Waals surface area (Å²) in [5.41, 5.74) is -0.274. The van der Waals surface area contributed by atoms with Gasteiger partial charge < -0.3 is 10.1 Å². The molecule has 0 unspecified atom stereocenters. The molecule has 0 bridgehead atoms. The lowest BCUT2D eigenvalue weighted by atomic mass is 10.1. The number of nitrogens with one attached hydrogen (secondary N) is 1. The second-order valence-corrected chi connectivity index (χ2v) is 4.19. The Kier molecular flexibility index (Phi) is 3.02. The minimum atomic E-state index is -1.06. The van der Waals surface area contributed by atoms with Gasteiger partial charge in [0, 0.05) is 0 Å².